The SMILES string of the molecule is CC(C)c1ccc(N(CC(=O)NCCOc2ccc(Cl)cc2)S(C)(=O)=O)cc1. The van der Waals surface area contributed by atoms with Crippen LogP contribution in [-0.4, -0.2) is 40.3 Å². The van der Waals surface area contributed by atoms with E-state index in [1.807, 2.05) is 12.1 Å². The second kappa shape index (κ2) is 9.80. The lowest BCUT2D eigenvalue weighted by molar-refractivity contribution is -0.119. The minimum atomic E-state index is -3.60. The summed E-state index contributed by atoms with van der Waals surface area (Å²) >= 11 is 5.81. The fourth-order valence-corrected chi connectivity index (χ4v) is 3.48. The van der Waals surface area contributed by atoms with Crippen molar-refractivity contribution in [1.29, 1.82) is 0 Å². The van der Waals surface area contributed by atoms with Gasteiger partial charge in [-0.3, -0.25) is 9.10 Å². The second-order valence-electron chi connectivity index (χ2n) is 6.67. The van der Waals surface area contributed by atoms with Crippen LogP contribution in [-0.2, 0) is 14.8 Å². The van der Waals surface area contributed by atoms with Crippen molar-refractivity contribution in [2.24, 2.45) is 0 Å². The summed E-state index contributed by atoms with van der Waals surface area (Å²) in [5.74, 6) is 0.574. The van der Waals surface area contributed by atoms with E-state index in [4.69, 9.17) is 16.3 Å². The molecular formula is C20H25ClN2O4S. The number of nitrogens with one attached hydrogen (secondary N) is 1. The van der Waals surface area contributed by atoms with Crippen molar-refractivity contribution >= 4 is 33.2 Å². The number of sulfonamides is 1. The molecule has 0 saturated carbocycles. The lowest BCUT2D eigenvalue weighted by Gasteiger charge is -2.22. The number of anilines is 1. The van der Waals surface area contributed by atoms with Crippen LogP contribution in [0.4, 0.5) is 5.69 Å². The summed E-state index contributed by atoms with van der Waals surface area (Å²) in [7, 11) is -3.60. The van der Waals surface area contributed by atoms with Gasteiger partial charge in [-0.25, -0.2) is 8.42 Å². The van der Waals surface area contributed by atoms with Crippen LogP contribution >= 0.6 is 11.6 Å². The molecule has 2 rings (SSSR count). The molecule has 6 nitrogen and oxygen atoms in total. The molecule has 0 radical (unpaired) electrons. The third kappa shape index (κ3) is 6.73. The molecule has 0 saturated heterocycles. The van der Waals surface area contributed by atoms with Gasteiger partial charge in [0.15, 0.2) is 0 Å². The summed E-state index contributed by atoms with van der Waals surface area (Å²) in [5, 5.41) is 3.28. The molecule has 0 aliphatic heterocycles. The number of amides is 1. The van der Waals surface area contributed by atoms with Crippen LogP contribution in [0.2, 0.25) is 5.02 Å². The van der Waals surface area contributed by atoms with E-state index in [0.29, 0.717) is 22.4 Å². The number of carbonyl (C=O) groups is 1. The maximum atomic E-state index is 12.2. The quantitative estimate of drug-likeness (QED) is 0.626. The van der Waals surface area contributed by atoms with E-state index in [2.05, 4.69) is 19.2 Å². The van der Waals surface area contributed by atoms with Crippen molar-refractivity contribution in [3.8, 4) is 5.75 Å². The number of rotatable bonds is 9. The number of nitrogens with zero attached hydrogens (tertiary/aromatic N) is 1. The molecule has 0 fully saturated rings. The summed E-state index contributed by atoms with van der Waals surface area (Å²) in [6.45, 7) is 4.34. The molecule has 0 spiro atoms. The van der Waals surface area contributed by atoms with E-state index in [1.54, 1.807) is 36.4 Å². The largest absolute Gasteiger partial charge is 0.492 e. The van der Waals surface area contributed by atoms with Gasteiger partial charge in [-0.2, -0.15) is 0 Å². The van der Waals surface area contributed by atoms with E-state index in [0.717, 1.165) is 16.1 Å². The molecule has 2 aromatic carbocycles. The molecule has 0 aliphatic carbocycles. The topological polar surface area (TPSA) is 75.7 Å². The van der Waals surface area contributed by atoms with E-state index in [9.17, 15) is 13.2 Å². The molecule has 152 valence electrons. The molecule has 8 heteroatoms. The van der Waals surface area contributed by atoms with Crippen LogP contribution in [0.25, 0.3) is 0 Å². The van der Waals surface area contributed by atoms with Gasteiger partial charge in [0.2, 0.25) is 15.9 Å². The van der Waals surface area contributed by atoms with Gasteiger partial charge < -0.3 is 10.1 Å². The Balaban J connectivity index is 1.91. The van der Waals surface area contributed by atoms with Crippen molar-refractivity contribution in [2.45, 2.75) is 19.8 Å². The fourth-order valence-electron chi connectivity index (χ4n) is 2.50. The average molecular weight is 425 g/mol. The smallest absolute Gasteiger partial charge is 0.240 e. The summed E-state index contributed by atoms with van der Waals surface area (Å²) in [6.07, 6.45) is 1.08. The van der Waals surface area contributed by atoms with Crippen LogP contribution in [0.3, 0.4) is 0 Å². The first-order chi connectivity index (χ1) is 13.2. The van der Waals surface area contributed by atoms with Crippen LogP contribution in [0, 0.1) is 0 Å². The van der Waals surface area contributed by atoms with Crippen LogP contribution < -0.4 is 14.4 Å². The minimum Gasteiger partial charge on any atom is -0.492 e. The Hall–Kier alpha value is -2.25. The molecular weight excluding hydrogens is 400 g/mol. The molecule has 0 heterocycles. The highest BCUT2D eigenvalue weighted by molar-refractivity contribution is 7.92. The lowest BCUT2D eigenvalue weighted by Crippen LogP contribution is -2.41. The highest BCUT2D eigenvalue weighted by Crippen LogP contribution is 2.21. The van der Waals surface area contributed by atoms with Gasteiger partial charge in [-0.15, -0.1) is 0 Å². The molecule has 0 unspecified atom stereocenters. The number of halogens is 1. The average Bonchev–Trinajstić information content (AvgIpc) is 2.64. The zero-order valence-electron chi connectivity index (χ0n) is 16.2. The molecule has 28 heavy (non-hydrogen) atoms. The number of hydrogen-bond acceptors (Lipinski definition) is 4. The molecule has 1 N–H and O–H groups in total. The first-order valence-corrected chi connectivity index (χ1v) is 11.1. The molecule has 0 bridgehead atoms. The summed E-state index contributed by atoms with van der Waals surface area (Å²) in [6, 6.07) is 14.1. The third-order valence-corrected chi connectivity index (χ3v) is 5.43. The minimum absolute atomic E-state index is 0.255. The molecule has 0 aliphatic rings. The predicted octanol–water partition coefficient (Wildman–Crippen LogP) is 3.42. The van der Waals surface area contributed by atoms with Gasteiger partial charge >= 0.3 is 0 Å². The Kier molecular flexibility index (Phi) is 7.71. The summed E-state index contributed by atoms with van der Waals surface area (Å²) in [4.78, 5) is 12.2. The van der Waals surface area contributed by atoms with Crippen LogP contribution in [0.5, 0.6) is 5.75 Å². The molecule has 1 amide bonds. The normalized spacial score (nSPS) is 11.3. The number of ether oxygens (including phenoxy) is 1. The van der Waals surface area contributed by atoms with Crippen LogP contribution in [0.15, 0.2) is 48.5 Å². The number of hydrogen-bond donors (Lipinski definition) is 1. The van der Waals surface area contributed by atoms with E-state index < -0.39 is 15.9 Å². The monoisotopic (exact) mass is 424 g/mol. The molecule has 0 atom stereocenters. The first-order valence-electron chi connectivity index (χ1n) is 8.89. The summed E-state index contributed by atoms with van der Waals surface area (Å²) in [5.41, 5.74) is 1.56. The highest BCUT2D eigenvalue weighted by atomic mass is 35.5. The van der Waals surface area contributed by atoms with Crippen molar-refractivity contribution in [3.05, 3.63) is 59.1 Å². The Morgan fingerprint density at radius 2 is 1.71 bits per heavy atom. The second-order valence-corrected chi connectivity index (χ2v) is 9.01. The lowest BCUT2D eigenvalue weighted by atomic mass is 10.0. The molecule has 2 aromatic rings. The summed E-state index contributed by atoms with van der Waals surface area (Å²) < 4.78 is 30.9. The maximum absolute atomic E-state index is 12.2. The Morgan fingerprint density at radius 1 is 1.11 bits per heavy atom. The van der Waals surface area contributed by atoms with E-state index >= 15 is 0 Å². The van der Waals surface area contributed by atoms with E-state index in [1.165, 1.54) is 0 Å². The van der Waals surface area contributed by atoms with Gasteiger partial charge in [-0.05, 0) is 47.9 Å². The Bertz CT molecular complexity index is 881. The Labute approximate surface area is 171 Å². The third-order valence-electron chi connectivity index (χ3n) is 4.04. The van der Waals surface area contributed by atoms with Crippen molar-refractivity contribution in [1.82, 2.24) is 5.32 Å². The number of benzene rings is 2. The zero-order valence-corrected chi connectivity index (χ0v) is 17.8. The first kappa shape index (κ1) is 22.0. The Morgan fingerprint density at radius 3 is 2.25 bits per heavy atom. The predicted molar refractivity (Wildman–Crippen MR) is 113 cm³/mol. The molecule has 0 aromatic heterocycles. The standard InChI is InChI=1S/C20H25ClN2O4S/c1-15(2)16-4-8-18(9-5-16)23(28(3,25)26)14-20(24)22-12-13-27-19-10-6-17(21)7-11-19/h4-11,15H,12-14H2,1-3H3,(H,22,24). The van der Waals surface area contributed by atoms with Crippen molar-refractivity contribution in [3.63, 3.8) is 0 Å². The van der Waals surface area contributed by atoms with Gasteiger partial charge in [-0.1, -0.05) is 37.6 Å². The van der Waals surface area contributed by atoms with Crippen LogP contribution in [0.1, 0.15) is 25.3 Å². The highest BCUT2D eigenvalue weighted by Gasteiger charge is 2.20. The van der Waals surface area contributed by atoms with E-state index in [-0.39, 0.29) is 19.7 Å². The van der Waals surface area contributed by atoms with Gasteiger partial charge in [0.25, 0.3) is 0 Å². The number of carbonyl (C=O) groups excluding carboxylic acids is 1. The van der Waals surface area contributed by atoms with Crippen molar-refractivity contribution < 1.29 is 17.9 Å². The fraction of sp³-hybridized carbons (Fsp3) is 0.350. The van der Waals surface area contributed by atoms with Gasteiger partial charge in [0, 0.05) is 5.02 Å². The van der Waals surface area contributed by atoms with Gasteiger partial charge in [0.05, 0.1) is 18.5 Å². The zero-order chi connectivity index (χ0) is 20.7. The maximum Gasteiger partial charge on any atom is 0.240 e. The van der Waals surface area contributed by atoms with Gasteiger partial charge in [0.1, 0.15) is 18.9 Å². The van der Waals surface area contributed by atoms with Crippen molar-refractivity contribution in [2.75, 3.05) is 30.3 Å².